The van der Waals surface area contributed by atoms with Crippen LogP contribution in [0.3, 0.4) is 0 Å². The van der Waals surface area contributed by atoms with Gasteiger partial charge in [0.1, 0.15) is 0 Å². The summed E-state index contributed by atoms with van der Waals surface area (Å²) in [6.45, 7) is 4.77. The average Bonchev–Trinajstić information content (AvgIpc) is 4.10. The van der Waals surface area contributed by atoms with Crippen LogP contribution >= 0.6 is 0 Å². The van der Waals surface area contributed by atoms with Gasteiger partial charge in [-0.3, -0.25) is 0 Å². The summed E-state index contributed by atoms with van der Waals surface area (Å²) in [7, 11) is 0. The van der Waals surface area contributed by atoms with Crippen molar-refractivity contribution in [3.8, 4) is 44.5 Å². The summed E-state index contributed by atoms with van der Waals surface area (Å²) in [5, 5.41) is 0. The van der Waals surface area contributed by atoms with E-state index in [-0.39, 0.29) is 10.8 Å². The topological polar surface area (TPSA) is 3.24 Å². The van der Waals surface area contributed by atoms with Crippen molar-refractivity contribution >= 4 is 17.1 Å². The Balaban J connectivity index is 1.02. The molecule has 1 spiro atoms. The fourth-order valence-electron chi connectivity index (χ4n) is 13.6. The van der Waals surface area contributed by atoms with Crippen LogP contribution < -0.4 is 4.90 Å². The third-order valence-corrected chi connectivity index (χ3v) is 16.4. The van der Waals surface area contributed by atoms with E-state index >= 15 is 0 Å². The van der Waals surface area contributed by atoms with Gasteiger partial charge in [-0.2, -0.15) is 0 Å². The lowest BCUT2D eigenvalue weighted by atomic mass is 9.68. The van der Waals surface area contributed by atoms with Crippen LogP contribution in [-0.2, 0) is 22.7 Å². The summed E-state index contributed by atoms with van der Waals surface area (Å²) in [4.78, 5) is 2.57. The molecule has 1 unspecified atom stereocenters. The zero-order valence-electron chi connectivity index (χ0n) is 38.4. The van der Waals surface area contributed by atoms with Gasteiger partial charge in [0.05, 0.1) is 11.1 Å². The molecule has 0 fully saturated rings. The fourth-order valence-corrected chi connectivity index (χ4v) is 13.6. The molecule has 1 atom stereocenters. The first-order valence-electron chi connectivity index (χ1n) is 24.3. The van der Waals surface area contributed by atoms with Crippen molar-refractivity contribution in [2.75, 3.05) is 4.90 Å². The molecule has 4 aliphatic rings. The van der Waals surface area contributed by atoms with E-state index in [9.17, 15) is 0 Å². The van der Waals surface area contributed by atoms with Gasteiger partial charge < -0.3 is 4.90 Å². The highest BCUT2D eigenvalue weighted by atomic mass is 15.1. The normalized spacial score (nSPS) is 16.9. The number of hydrogen-bond donors (Lipinski definition) is 0. The molecule has 0 bridgehead atoms. The molecule has 4 aliphatic carbocycles. The zero-order chi connectivity index (χ0) is 45.2. The number of anilines is 3. The van der Waals surface area contributed by atoms with Crippen LogP contribution in [0.25, 0.3) is 44.5 Å². The predicted molar refractivity (Wildman–Crippen MR) is 282 cm³/mol. The van der Waals surface area contributed by atoms with Crippen molar-refractivity contribution in [2.45, 2.75) is 42.9 Å². The number of hydrogen-bond acceptors (Lipinski definition) is 1. The zero-order valence-corrected chi connectivity index (χ0v) is 38.4. The predicted octanol–water partition coefficient (Wildman–Crippen LogP) is 16.8. The first-order valence-corrected chi connectivity index (χ1v) is 24.3. The fraction of sp³-hybridized carbons (Fsp3) is 0.104. The minimum atomic E-state index is -0.519. The smallest absolute Gasteiger partial charge is 0.0714 e. The molecule has 10 aromatic carbocycles. The molecule has 1 nitrogen and oxygen atoms in total. The van der Waals surface area contributed by atoms with Crippen molar-refractivity contribution < 1.29 is 0 Å². The Hall–Kier alpha value is -8.00. The van der Waals surface area contributed by atoms with Gasteiger partial charge in [0.25, 0.3) is 0 Å². The third-order valence-electron chi connectivity index (χ3n) is 16.4. The first kappa shape index (κ1) is 39.2. The van der Waals surface area contributed by atoms with E-state index in [0.29, 0.717) is 0 Å². The van der Waals surface area contributed by atoms with Gasteiger partial charge in [-0.15, -0.1) is 0 Å². The van der Waals surface area contributed by atoms with E-state index in [1.807, 2.05) is 0 Å². The molecule has 0 heterocycles. The van der Waals surface area contributed by atoms with Gasteiger partial charge in [-0.05, 0) is 138 Å². The number of rotatable bonds is 6. The highest BCUT2D eigenvalue weighted by Gasteiger charge is 2.50. The van der Waals surface area contributed by atoms with Crippen molar-refractivity contribution in [1.82, 2.24) is 0 Å². The molecule has 1 heteroatoms. The second-order valence-corrected chi connectivity index (χ2v) is 19.8. The van der Waals surface area contributed by atoms with Crippen LogP contribution in [0.4, 0.5) is 17.1 Å². The Morgan fingerprint density at radius 3 is 1.63 bits per heavy atom. The summed E-state index contributed by atoms with van der Waals surface area (Å²) in [6.07, 6.45) is 2.12. The standard InChI is InChI=1S/C67H49N/c1-65(2)57-30-14-10-25-52(57)54-28-17-27-50(64(54)65)44-35-37-48(38-36-44)68(49-39-40-53-51-24-11-15-31-58(51)66(61(53)43-49)42-41-45-19-9-13-29-56(45)66)62-34-18-33-60-63(62)55-26-12-16-32-59(55)67(60,46-20-5-3-6-21-46)47-22-7-4-8-23-47/h3-40,43H,41-42H2,1-2H3. The second-order valence-electron chi connectivity index (χ2n) is 19.8. The Morgan fingerprint density at radius 1 is 0.368 bits per heavy atom. The van der Waals surface area contributed by atoms with Crippen LogP contribution in [0.1, 0.15) is 75.9 Å². The average molecular weight is 868 g/mol. The molecule has 0 N–H and O–H groups in total. The lowest BCUT2D eigenvalue weighted by Crippen LogP contribution is -2.28. The van der Waals surface area contributed by atoms with Crippen molar-refractivity contribution in [2.24, 2.45) is 0 Å². The summed E-state index contributed by atoms with van der Waals surface area (Å²) in [5.41, 5.74) is 26.7. The molecule has 0 saturated heterocycles. The third kappa shape index (κ3) is 5.17. The molecule has 0 aromatic heterocycles. The van der Waals surface area contributed by atoms with Crippen molar-refractivity contribution in [3.63, 3.8) is 0 Å². The summed E-state index contributed by atoms with van der Waals surface area (Å²) in [5.74, 6) is 0. The minimum Gasteiger partial charge on any atom is -0.310 e. The molecule has 0 aliphatic heterocycles. The molecule has 68 heavy (non-hydrogen) atoms. The summed E-state index contributed by atoms with van der Waals surface area (Å²) >= 11 is 0. The number of nitrogens with zero attached hydrogens (tertiary/aromatic N) is 1. The summed E-state index contributed by atoms with van der Waals surface area (Å²) < 4.78 is 0. The van der Waals surface area contributed by atoms with Gasteiger partial charge in [-0.1, -0.05) is 220 Å². The Bertz CT molecular complexity index is 3610. The molecular weight excluding hydrogens is 819 g/mol. The molecule has 14 rings (SSSR count). The molecular formula is C67H49N. The Kier molecular flexibility index (Phi) is 8.36. The van der Waals surface area contributed by atoms with E-state index in [1.54, 1.807) is 0 Å². The van der Waals surface area contributed by atoms with Gasteiger partial charge >= 0.3 is 0 Å². The largest absolute Gasteiger partial charge is 0.310 e. The maximum absolute atomic E-state index is 2.57. The number of aryl methyl sites for hydroxylation is 1. The van der Waals surface area contributed by atoms with E-state index < -0.39 is 5.41 Å². The molecule has 0 saturated carbocycles. The van der Waals surface area contributed by atoms with E-state index in [0.717, 1.165) is 24.2 Å². The molecule has 10 aromatic rings. The highest BCUT2D eigenvalue weighted by molar-refractivity contribution is 5.99. The lowest BCUT2D eigenvalue weighted by Gasteiger charge is -2.34. The van der Waals surface area contributed by atoms with Gasteiger partial charge in [0, 0.05) is 27.8 Å². The van der Waals surface area contributed by atoms with Crippen LogP contribution in [0, 0.1) is 0 Å². The van der Waals surface area contributed by atoms with Crippen molar-refractivity contribution in [3.05, 3.63) is 292 Å². The van der Waals surface area contributed by atoms with Gasteiger partial charge in [0.15, 0.2) is 0 Å². The molecule has 0 radical (unpaired) electrons. The first-order chi connectivity index (χ1) is 33.5. The number of benzene rings is 10. The minimum absolute atomic E-state index is 0.119. The van der Waals surface area contributed by atoms with E-state index in [4.69, 9.17) is 0 Å². The van der Waals surface area contributed by atoms with Crippen LogP contribution in [0.2, 0.25) is 0 Å². The maximum atomic E-state index is 2.57. The SMILES string of the molecule is CC1(C)c2ccccc2-c2cccc(-c3ccc(N(c4ccc5c(c4)C4(CCc6ccccc64)c4ccccc4-5)c4cccc5c4-c4ccccc4C5(c4ccccc4)c4ccccc4)cc3)c21. The van der Waals surface area contributed by atoms with Gasteiger partial charge in [-0.25, -0.2) is 0 Å². The monoisotopic (exact) mass is 867 g/mol. The highest BCUT2D eigenvalue weighted by Crippen LogP contribution is 2.62. The maximum Gasteiger partial charge on any atom is 0.0714 e. The van der Waals surface area contributed by atoms with Crippen LogP contribution in [0.5, 0.6) is 0 Å². The van der Waals surface area contributed by atoms with Gasteiger partial charge in [0.2, 0.25) is 0 Å². The second kappa shape index (κ2) is 14.5. The van der Waals surface area contributed by atoms with Crippen LogP contribution in [-0.4, -0.2) is 0 Å². The molecule has 0 amide bonds. The Labute approximate surface area is 399 Å². The van der Waals surface area contributed by atoms with E-state index in [2.05, 4.69) is 255 Å². The lowest BCUT2D eigenvalue weighted by molar-refractivity contribution is 0.626. The quantitative estimate of drug-likeness (QED) is 0.161. The molecule has 322 valence electrons. The van der Waals surface area contributed by atoms with E-state index in [1.165, 1.54) is 106 Å². The summed E-state index contributed by atoms with van der Waals surface area (Å²) in [6, 6.07) is 89.6. The van der Waals surface area contributed by atoms with Crippen LogP contribution in [0.15, 0.2) is 237 Å². The Morgan fingerprint density at radius 2 is 0.897 bits per heavy atom. The number of fused-ring (bicyclic) bond motifs is 13. The van der Waals surface area contributed by atoms with Crippen molar-refractivity contribution in [1.29, 1.82) is 0 Å².